The molecule has 0 unspecified atom stereocenters. The van der Waals surface area contributed by atoms with E-state index in [0.717, 1.165) is 28.1 Å². The Morgan fingerprint density at radius 2 is 1.95 bits per heavy atom. The van der Waals surface area contributed by atoms with E-state index < -0.39 is 0 Å². The van der Waals surface area contributed by atoms with Gasteiger partial charge in [0.2, 0.25) is 0 Å². The maximum Gasteiger partial charge on any atom is 0.264 e. The molecule has 0 amide bonds. The Hall–Kier alpha value is -0.820. The Balaban J connectivity index is 1.85. The molecule has 1 N–H and O–H groups in total. The van der Waals surface area contributed by atoms with Crippen molar-refractivity contribution in [2.24, 2.45) is 0 Å². The Labute approximate surface area is 142 Å². The number of halogens is 1. The van der Waals surface area contributed by atoms with Gasteiger partial charge in [-0.05, 0) is 35.4 Å². The molecule has 21 heavy (non-hydrogen) atoms. The van der Waals surface area contributed by atoms with Crippen molar-refractivity contribution < 1.29 is 0 Å². The van der Waals surface area contributed by atoms with E-state index in [0.29, 0.717) is 3.57 Å². The van der Waals surface area contributed by atoms with Gasteiger partial charge in [-0.2, -0.15) is 11.8 Å². The van der Waals surface area contributed by atoms with Crippen LogP contribution in [-0.4, -0.2) is 15.2 Å². The summed E-state index contributed by atoms with van der Waals surface area (Å²) in [5, 5.41) is 0.731. The first-order chi connectivity index (χ1) is 10.2. The molecule has 1 aliphatic rings. The molecule has 0 aliphatic heterocycles. The lowest BCUT2D eigenvalue weighted by Crippen LogP contribution is -2.16. The molecule has 110 valence electrons. The summed E-state index contributed by atoms with van der Waals surface area (Å²) in [5.74, 6) is 1.58. The maximum absolute atomic E-state index is 12.1. The molecular formula is C16H17IN2OS. The SMILES string of the molecule is O=c1[nH]c(CSC2CCCC2)nc(-c2ccccc2)c1I. The van der Waals surface area contributed by atoms with Crippen LogP contribution in [0.25, 0.3) is 11.3 Å². The zero-order valence-electron chi connectivity index (χ0n) is 11.6. The fraction of sp³-hybridized carbons (Fsp3) is 0.375. The van der Waals surface area contributed by atoms with Crippen LogP contribution in [0.4, 0.5) is 0 Å². The van der Waals surface area contributed by atoms with Crippen molar-refractivity contribution in [1.29, 1.82) is 0 Å². The fourth-order valence-corrected chi connectivity index (χ4v) is 4.38. The Morgan fingerprint density at radius 3 is 2.67 bits per heavy atom. The van der Waals surface area contributed by atoms with Crippen LogP contribution < -0.4 is 5.56 Å². The van der Waals surface area contributed by atoms with E-state index in [1.165, 1.54) is 25.7 Å². The molecule has 1 aliphatic carbocycles. The van der Waals surface area contributed by atoms with Crippen LogP contribution in [0.3, 0.4) is 0 Å². The third kappa shape index (κ3) is 3.69. The summed E-state index contributed by atoms with van der Waals surface area (Å²) in [7, 11) is 0. The van der Waals surface area contributed by atoms with Crippen molar-refractivity contribution >= 4 is 34.4 Å². The summed E-state index contributed by atoms with van der Waals surface area (Å²) >= 11 is 4.00. The van der Waals surface area contributed by atoms with Crippen molar-refractivity contribution in [1.82, 2.24) is 9.97 Å². The van der Waals surface area contributed by atoms with Crippen molar-refractivity contribution in [3.63, 3.8) is 0 Å². The number of nitrogens with one attached hydrogen (secondary N) is 1. The topological polar surface area (TPSA) is 45.8 Å². The molecule has 1 fully saturated rings. The zero-order valence-corrected chi connectivity index (χ0v) is 14.6. The summed E-state index contributed by atoms with van der Waals surface area (Å²) < 4.78 is 0.661. The van der Waals surface area contributed by atoms with E-state index in [2.05, 4.69) is 32.6 Å². The minimum absolute atomic E-state index is 0.0357. The number of hydrogen-bond donors (Lipinski definition) is 1. The monoisotopic (exact) mass is 412 g/mol. The average Bonchev–Trinajstić information content (AvgIpc) is 3.02. The number of nitrogens with zero attached hydrogens (tertiary/aromatic N) is 1. The lowest BCUT2D eigenvalue weighted by Gasteiger charge is -2.10. The molecule has 5 heteroatoms. The molecular weight excluding hydrogens is 395 g/mol. The van der Waals surface area contributed by atoms with Gasteiger partial charge in [0.15, 0.2) is 0 Å². The second kappa shape index (κ2) is 6.96. The molecule has 1 saturated carbocycles. The molecule has 3 nitrogen and oxygen atoms in total. The average molecular weight is 412 g/mol. The predicted octanol–water partition coefficient (Wildman–Crippen LogP) is 4.22. The third-order valence-electron chi connectivity index (χ3n) is 3.72. The van der Waals surface area contributed by atoms with Crippen LogP contribution in [0.1, 0.15) is 31.5 Å². The van der Waals surface area contributed by atoms with Crippen molar-refractivity contribution in [2.75, 3.05) is 0 Å². The number of aromatic amines is 1. The van der Waals surface area contributed by atoms with Crippen LogP contribution in [0.2, 0.25) is 0 Å². The molecule has 3 rings (SSSR count). The van der Waals surface area contributed by atoms with Crippen molar-refractivity contribution in [3.05, 3.63) is 50.1 Å². The van der Waals surface area contributed by atoms with Gasteiger partial charge in [0.25, 0.3) is 5.56 Å². The largest absolute Gasteiger partial charge is 0.309 e. The minimum Gasteiger partial charge on any atom is -0.309 e. The highest BCUT2D eigenvalue weighted by atomic mass is 127. The van der Waals surface area contributed by atoms with Gasteiger partial charge in [0.05, 0.1) is 11.4 Å². The van der Waals surface area contributed by atoms with Gasteiger partial charge in [-0.25, -0.2) is 4.98 Å². The first-order valence-electron chi connectivity index (χ1n) is 7.20. The molecule has 0 atom stereocenters. The van der Waals surface area contributed by atoms with Gasteiger partial charge in [0.1, 0.15) is 9.39 Å². The van der Waals surface area contributed by atoms with Crippen molar-refractivity contribution in [2.45, 2.75) is 36.7 Å². The molecule has 0 spiro atoms. The molecule has 1 aromatic carbocycles. The summed E-state index contributed by atoms with van der Waals surface area (Å²) in [6.45, 7) is 0. The number of hydrogen-bond acceptors (Lipinski definition) is 3. The highest BCUT2D eigenvalue weighted by Gasteiger charge is 2.17. The highest BCUT2D eigenvalue weighted by Crippen LogP contribution is 2.31. The highest BCUT2D eigenvalue weighted by molar-refractivity contribution is 14.1. The van der Waals surface area contributed by atoms with E-state index in [1.54, 1.807) is 0 Å². The molecule has 1 aromatic heterocycles. The maximum atomic E-state index is 12.1. The standard InChI is InChI=1S/C16H17IN2OS/c17-14-15(11-6-2-1-3-7-11)18-13(19-16(14)20)10-21-12-8-4-5-9-12/h1-3,6-7,12H,4-5,8-10H2,(H,18,19,20). The number of thioether (sulfide) groups is 1. The number of H-pyrrole nitrogens is 1. The first kappa shape index (κ1) is 15.1. The second-order valence-corrected chi connectivity index (χ2v) is 7.63. The fourth-order valence-electron chi connectivity index (χ4n) is 2.61. The van der Waals surface area contributed by atoms with Crippen LogP contribution in [0.5, 0.6) is 0 Å². The number of aromatic nitrogens is 2. The smallest absolute Gasteiger partial charge is 0.264 e. The van der Waals surface area contributed by atoms with Gasteiger partial charge in [0, 0.05) is 10.8 Å². The van der Waals surface area contributed by atoms with E-state index in [-0.39, 0.29) is 5.56 Å². The lowest BCUT2D eigenvalue weighted by molar-refractivity contribution is 0.886. The predicted molar refractivity (Wildman–Crippen MR) is 96.6 cm³/mol. The van der Waals surface area contributed by atoms with Crippen LogP contribution in [0.15, 0.2) is 35.1 Å². The number of benzene rings is 1. The second-order valence-electron chi connectivity index (χ2n) is 5.26. The Kier molecular flexibility index (Phi) is 5.00. The summed E-state index contributed by atoms with van der Waals surface area (Å²) in [4.78, 5) is 19.7. The zero-order chi connectivity index (χ0) is 14.7. The summed E-state index contributed by atoms with van der Waals surface area (Å²) in [6.07, 6.45) is 5.27. The number of rotatable bonds is 4. The quantitative estimate of drug-likeness (QED) is 0.766. The van der Waals surface area contributed by atoms with Gasteiger partial charge in [-0.15, -0.1) is 0 Å². The molecule has 1 heterocycles. The summed E-state index contributed by atoms with van der Waals surface area (Å²) in [6, 6.07) is 9.92. The molecule has 0 bridgehead atoms. The van der Waals surface area contributed by atoms with Gasteiger partial charge >= 0.3 is 0 Å². The van der Waals surface area contributed by atoms with E-state index in [9.17, 15) is 4.79 Å². The van der Waals surface area contributed by atoms with Crippen LogP contribution >= 0.6 is 34.4 Å². The first-order valence-corrected chi connectivity index (χ1v) is 9.32. The van der Waals surface area contributed by atoms with E-state index in [1.807, 2.05) is 42.1 Å². The van der Waals surface area contributed by atoms with Crippen LogP contribution in [-0.2, 0) is 5.75 Å². The summed E-state index contributed by atoms with van der Waals surface area (Å²) in [5.41, 5.74) is 1.76. The minimum atomic E-state index is -0.0357. The van der Waals surface area contributed by atoms with Gasteiger partial charge in [-0.3, -0.25) is 4.79 Å². The normalized spacial score (nSPS) is 15.5. The van der Waals surface area contributed by atoms with Crippen molar-refractivity contribution in [3.8, 4) is 11.3 Å². The lowest BCUT2D eigenvalue weighted by atomic mass is 10.1. The van der Waals surface area contributed by atoms with Gasteiger partial charge in [-0.1, -0.05) is 43.2 Å². The Bertz CT molecular complexity index is 666. The van der Waals surface area contributed by atoms with E-state index >= 15 is 0 Å². The van der Waals surface area contributed by atoms with E-state index in [4.69, 9.17) is 0 Å². The molecule has 2 aromatic rings. The third-order valence-corrected chi connectivity index (χ3v) is 6.10. The van der Waals surface area contributed by atoms with Crippen LogP contribution in [0, 0.1) is 3.57 Å². The molecule has 0 saturated heterocycles. The van der Waals surface area contributed by atoms with Gasteiger partial charge < -0.3 is 4.98 Å². The molecule has 0 radical (unpaired) electrons. The Morgan fingerprint density at radius 1 is 1.24 bits per heavy atom.